The smallest absolute Gasteiger partial charge is 0.231 e. The van der Waals surface area contributed by atoms with E-state index in [4.69, 9.17) is 5.73 Å². The van der Waals surface area contributed by atoms with Gasteiger partial charge in [-0.2, -0.15) is 0 Å². The molecule has 1 fully saturated rings. The van der Waals surface area contributed by atoms with E-state index in [0.29, 0.717) is 6.54 Å². The number of amides is 1. The van der Waals surface area contributed by atoms with Gasteiger partial charge in [0, 0.05) is 24.6 Å². The predicted molar refractivity (Wildman–Crippen MR) is 77.3 cm³/mol. The Morgan fingerprint density at radius 1 is 1.28 bits per heavy atom. The molecule has 1 aromatic heterocycles. The predicted octanol–water partition coefficient (Wildman–Crippen LogP) is 2.38. The molecule has 0 saturated heterocycles. The third kappa shape index (κ3) is 3.57. The molecule has 1 aliphatic carbocycles. The van der Waals surface area contributed by atoms with Gasteiger partial charge in [-0.05, 0) is 25.0 Å². The van der Waals surface area contributed by atoms with Crippen LogP contribution in [0.2, 0.25) is 0 Å². The lowest BCUT2D eigenvalue weighted by atomic mass is 9.85. The van der Waals surface area contributed by atoms with Crippen molar-refractivity contribution in [1.29, 1.82) is 0 Å². The number of carbonyl (C=O) groups is 1. The molecule has 0 aliphatic heterocycles. The van der Waals surface area contributed by atoms with E-state index in [2.05, 4.69) is 10.3 Å². The number of nitrogens with two attached hydrogens (primary N) is 1. The Balaban J connectivity index is 0.00000144. The number of hydrogen-bond acceptors (Lipinski definition) is 3. The van der Waals surface area contributed by atoms with Crippen molar-refractivity contribution in [2.45, 2.75) is 25.7 Å². The van der Waals surface area contributed by atoms with E-state index < -0.39 is 0 Å². The molecule has 0 atom stereocenters. The first-order valence-electron chi connectivity index (χ1n) is 5.68. The summed E-state index contributed by atoms with van der Waals surface area (Å²) in [6.07, 6.45) is 7.33. The highest BCUT2D eigenvalue weighted by molar-refractivity contribution is 5.95. The van der Waals surface area contributed by atoms with Gasteiger partial charge in [-0.1, -0.05) is 12.8 Å². The van der Waals surface area contributed by atoms with E-state index >= 15 is 0 Å². The van der Waals surface area contributed by atoms with Crippen LogP contribution in [0.5, 0.6) is 0 Å². The van der Waals surface area contributed by atoms with Gasteiger partial charge in [-0.15, -0.1) is 24.8 Å². The van der Waals surface area contributed by atoms with Gasteiger partial charge in [0.25, 0.3) is 0 Å². The number of aromatic nitrogens is 1. The Morgan fingerprint density at radius 2 is 1.83 bits per heavy atom. The average molecular weight is 292 g/mol. The summed E-state index contributed by atoms with van der Waals surface area (Å²) in [4.78, 5) is 16.1. The Hall–Kier alpha value is -0.840. The molecule has 0 unspecified atom stereocenters. The molecule has 0 bridgehead atoms. The van der Waals surface area contributed by atoms with Gasteiger partial charge >= 0.3 is 0 Å². The topological polar surface area (TPSA) is 68.0 Å². The van der Waals surface area contributed by atoms with Crippen molar-refractivity contribution >= 4 is 36.4 Å². The van der Waals surface area contributed by atoms with Crippen LogP contribution >= 0.6 is 24.8 Å². The summed E-state index contributed by atoms with van der Waals surface area (Å²) in [6, 6.07) is 3.58. The lowest BCUT2D eigenvalue weighted by Gasteiger charge is -2.25. The highest BCUT2D eigenvalue weighted by Gasteiger charge is 2.39. The van der Waals surface area contributed by atoms with Crippen molar-refractivity contribution in [2.75, 3.05) is 11.9 Å². The monoisotopic (exact) mass is 291 g/mol. The maximum Gasteiger partial charge on any atom is 0.231 e. The summed E-state index contributed by atoms with van der Waals surface area (Å²) < 4.78 is 0. The first-order valence-corrected chi connectivity index (χ1v) is 5.68. The van der Waals surface area contributed by atoms with Crippen LogP contribution in [0.25, 0.3) is 0 Å². The van der Waals surface area contributed by atoms with E-state index in [0.717, 1.165) is 31.4 Å². The van der Waals surface area contributed by atoms with Crippen molar-refractivity contribution < 1.29 is 4.79 Å². The fourth-order valence-corrected chi connectivity index (χ4v) is 2.27. The van der Waals surface area contributed by atoms with Gasteiger partial charge in [-0.3, -0.25) is 9.78 Å². The van der Waals surface area contributed by atoms with Crippen LogP contribution in [0.1, 0.15) is 25.7 Å². The average Bonchev–Trinajstić information content (AvgIpc) is 2.80. The van der Waals surface area contributed by atoms with Crippen LogP contribution in [0.4, 0.5) is 5.69 Å². The van der Waals surface area contributed by atoms with Crippen molar-refractivity contribution in [3.8, 4) is 0 Å². The molecule has 0 aromatic carbocycles. The highest BCUT2D eigenvalue weighted by atomic mass is 35.5. The molecule has 18 heavy (non-hydrogen) atoms. The molecule has 2 rings (SSSR count). The third-order valence-corrected chi connectivity index (χ3v) is 3.37. The van der Waals surface area contributed by atoms with Crippen LogP contribution < -0.4 is 11.1 Å². The zero-order chi connectivity index (χ0) is 11.4. The molecule has 0 spiro atoms. The molecule has 1 heterocycles. The van der Waals surface area contributed by atoms with E-state index in [1.54, 1.807) is 24.5 Å². The zero-order valence-electron chi connectivity index (χ0n) is 10.1. The Morgan fingerprint density at radius 3 is 2.33 bits per heavy atom. The molecule has 1 aromatic rings. The molecule has 0 radical (unpaired) electrons. The van der Waals surface area contributed by atoms with Crippen molar-refractivity contribution in [1.82, 2.24) is 4.98 Å². The van der Waals surface area contributed by atoms with Crippen LogP contribution in [0.3, 0.4) is 0 Å². The van der Waals surface area contributed by atoms with Crippen molar-refractivity contribution in [3.05, 3.63) is 24.5 Å². The first-order chi connectivity index (χ1) is 7.77. The van der Waals surface area contributed by atoms with Gasteiger partial charge in [0.15, 0.2) is 0 Å². The number of nitrogens with one attached hydrogen (secondary N) is 1. The second-order valence-corrected chi connectivity index (χ2v) is 4.38. The molecule has 1 saturated carbocycles. The van der Waals surface area contributed by atoms with Crippen LogP contribution in [-0.2, 0) is 4.79 Å². The highest BCUT2D eigenvalue weighted by Crippen LogP contribution is 2.38. The van der Waals surface area contributed by atoms with E-state index in [-0.39, 0.29) is 36.1 Å². The quantitative estimate of drug-likeness (QED) is 0.898. The maximum absolute atomic E-state index is 12.2. The minimum absolute atomic E-state index is 0. The van der Waals surface area contributed by atoms with Crippen LogP contribution in [0, 0.1) is 5.41 Å². The summed E-state index contributed by atoms with van der Waals surface area (Å²) in [5.41, 5.74) is 6.20. The number of anilines is 1. The second kappa shape index (κ2) is 7.56. The molecule has 1 amide bonds. The maximum atomic E-state index is 12.2. The number of hydrogen-bond donors (Lipinski definition) is 2. The largest absolute Gasteiger partial charge is 0.329 e. The zero-order valence-corrected chi connectivity index (χ0v) is 11.7. The first kappa shape index (κ1) is 17.2. The lowest BCUT2D eigenvalue weighted by molar-refractivity contribution is -0.124. The summed E-state index contributed by atoms with van der Waals surface area (Å²) in [6.45, 7) is 0.434. The molecule has 102 valence electrons. The van der Waals surface area contributed by atoms with E-state index in [9.17, 15) is 4.79 Å². The Kier molecular flexibility index (Phi) is 7.21. The number of rotatable bonds is 3. The number of carbonyl (C=O) groups excluding carboxylic acids is 1. The normalized spacial score (nSPS) is 16.3. The molecule has 3 N–H and O–H groups in total. The van der Waals surface area contributed by atoms with Gasteiger partial charge in [0.2, 0.25) is 5.91 Å². The van der Waals surface area contributed by atoms with Gasteiger partial charge in [-0.25, -0.2) is 0 Å². The molecule has 6 heteroatoms. The lowest BCUT2D eigenvalue weighted by Crippen LogP contribution is -2.40. The summed E-state index contributed by atoms with van der Waals surface area (Å²) in [7, 11) is 0. The third-order valence-electron chi connectivity index (χ3n) is 3.37. The van der Waals surface area contributed by atoms with E-state index in [1.165, 1.54) is 0 Å². The van der Waals surface area contributed by atoms with Crippen LogP contribution in [0.15, 0.2) is 24.5 Å². The molecule has 1 aliphatic rings. The number of pyridine rings is 1. The number of halogens is 2. The van der Waals surface area contributed by atoms with Crippen molar-refractivity contribution in [2.24, 2.45) is 11.1 Å². The van der Waals surface area contributed by atoms with Crippen LogP contribution in [-0.4, -0.2) is 17.4 Å². The fraction of sp³-hybridized carbons (Fsp3) is 0.500. The molecule has 4 nitrogen and oxygen atoms in total. The van der Waals surface area contributed by atoms with Gasteiger partial charge < -0.3 is 11.1 Å². The van der Waals surface area contributed by atoms with Gasteiger partial charge in [0.05, 0.1) is 5.41 Å². The Bertz CT molecular complexity index is 367. The number of nitrogens with zero attached hydrogens (tertiary/aromatic N) is 1. The second-order valence-electron chi connectivity index (χ2n) is 4.38. The minimum atomic E-state index is -0.344. The molecular weight excluding hydrogens is 273 g/mol. The van der Waals surface area contributed by atoms with Gasteiger partial charge in [0.1, 0.15) is 0 Å². The SMILES string of the molecule is Cl.Cl.NCC1(C(=O)Nc2ccncc2)CCCC1. The van der Waals surface area contributed by atoms with Crippen molar-refractivity contribution in [3.63, 3.8) is 0 Å². The Labute approximate surface area is 120 Å². The summed E-state index contributed by atoms with van der Waals surface area (Å²) >= 11 is 0. The minimum Gasteiger partial charge on any atom is -0.329 e. The standard InChI is InChI=1S/C12H17N3O.2ClH/c13-9-12(5-1-2-6-12)11(16)15-10-3-7-14-8-4-10;;/h3-4,7-8H,1-2,5-6,9,13H2,(H,14,15,16);2*1H. The fourth-order valence-electron chi connectivity index (χ4n) is 2.27. The van der Waals surface area contributed by atoms with E-state index in [1.807, 2.05) is 0 Å². The molecular formula is C12H19Cl2N3O. The summed E-state index contributed by atoms with van der Waals surface area (Å²) in [5, 5.41) is 2.92. The summed E-state index contributed by atoms with van der Waals surface area (Å²) in [5.74, 6) is 0.0544.